The molecule has 0 atom stereocenters. The van der Waals surface area contributed by atoms with Crippen LogP contribution in [-0.4, -0.2) is 30.6 Å². The third-order valence-corrected chi connectivity index (χ3v) is 5.29. The fourth-order valence-corrected chi connectivity index (χ4v) is 3.55. The molecule has 4 rings (SSSR count). The van der Waals surface area contributed by atoms with Crippen LogP contribution in [-0.2, 0) is 11.2 Å². The Hall–Kier alpha value is -3.52. The summed E-state index contributed by atoms with van der Waals surface area (Å²) in [5, 5.41) is 0. The Balaban J connectivity index is 1.76. The summed E-state index contributed by atoms with van der Waals surface area (Å²) in [5.41, 5.74) is 7.94. The molecular formula is C27H29F2N3O3. The average molecular weight is 482 g/mol. The number of pyridine rings is 1. The van der Waals surface area contributed by atoms with E-state index in [4.69, 9.17) is 19.9 Å². The minimum absolute atomic E-state index is 0.0564. The summed E-state index contributed by atoms with van der Waals surface area (Å²) < 4.78 is 47.1. The highest BCUT2D eigenvalue weighted by Crippen LogP contribution is 2.40. The molecule has 1 aliphatic heterocycles. The Morgan fingerprint density at radius 3 is 2.63 bits per heavy atom. The van der Waals surface area contributed by atoms with Crippen LogP contribution in [0.15, 0.2) is 53.7 Å². The number of hydrogen-bond acceptors (Lipinski definition) is 6. The fraction of sp³-hybridized carbons (Fsp3) is 0.333. The summed E-state index contributed by atoms with van der Waals surface area (Å²) in [5.74, 6) is -0.197. The van der Waals surface area contributed by atoms with Gasteiger partial charge in [-0.05, 0) is 47.2 Å². The van der Waals surface area contributed by atoms with Crippen LogP contribution in [0.3, 0.4) is 0 Å². The van der Waals surface area contributed by atoms with Gasteiger partial charge in [0.2, 0.25) is 5.95 Å². The van der Waals surface area contributed by atoms with E-state index in [0.717, 1.165) is 5.56 Å². The van der Waals surface area contributed by atoms with Crippen molar-refractivity contribution in [1.29, 1.82) is 0 Å². The number of fused-ring (bicyclic) bond motifs is 2. The first kappa shape index (κ1) is 24.6. The van der Waals surface area contributed by atoms with E-state index in [9.17, 15) is 4.39 Å². The van der Waals surface area contributed by atoms with E-state index in [1.807, 2.05) is 20.8 Å². The monoisotopic (exact) mass is 481 g/mol. The highest BCUT2D eigenvalue weighted by molar-refractivity contribution is 5.84. The molecule has 35 heavy (non-hydrogen) atoms. The zero-order valence-corrected chi connectivity index (χ0v) is 20.1. The lowest BCUT2D eigenvalue weighted by atomic mass is 9.99. The number of ether oxygens (including phenoxy) is 3. The summed E-state index contributed by atoms with van der Waals surface area (Å²) in [6.45, 7) is 7.23. The van der Waals surface area contributed by atoms with E-state index in [1.54, 1.807) is 36.4 Å². The molecule has 1 aromatic heterocycles. The lowest BCUT2D eigenvalue weighted by Gasteiger charge is -2.20. The SMILES string of the molecule is CC(C)(C)COc1cc(F)c2c(c1)N=C(N)CCOCCc1cc(-c3cccnc3F)ccc1O2. The first-order valence-corrected chi connectivity index (χ1v) is 11.5. The van der Waals surface area contributed by atoms with Gasteiger partial charge in [-0.2, -0.15) is 4.39 Å². The first-order chi connectivity index (χ1) is 16.7. The number of nitrogens with zero attached hydrogens (tertiary/aromatic N) is 2. The van der Waals surface area contributed by atoms with Crippen LogP contribution in [0, 0.1) is 17.2 Å². The van der Waals surface area contributed by atoms with E-state index in [0.29, 0.717) is 61.1 Å². The second-order valence-corrected chi connectivity index (χ2v) is 9.58. The predicted octanol–water partition coefficient (Wildman–Crippen LogP) is 6.20. The molecule has 6 nitrogen and oxygen atoms in total. The van der Waals surface area contributed by atoms with E-state index in [1.165, 1.54) is 12.3 Å². The summed E-state index contributed by atoms with van der Waals surface area (Å²) >= 11 is 0. The van der Waals surface area contributed by atoms with E-state index >= 15 is 4.39 Å². The van der Waals surface area contributed by atoms with Crippen molar-refractivity contribution in [2.45, 2.75) is 33.6 Å². The number of halogens is 2. The zero-order valence-electron chi connectivity index (χ0n) is 20.1. The molecule has 0 amide bonds. The third-order valence-electron chi connectivity index (χ3n) is 5.29. The van der Waals surface area contributed by atoms with Gasteiger partial charge in [-0.25, -0.2) is 14.4 Å². The molecule has 3 aromatic rings. The van der Waals surface area contributed by atoms with E-state index in [2.05, 4.69) is 9.98 Å². The van der Waals surface area contributed by atoms with Gasteiger partial charge in [-0.15, -0.1) is 0 Å². The van der Waals surface area contributed by atoms with Gasteiger partial charge < -0.3 is 19.9 Å². The summed E-state index contributed by atoms with van der Waals surface area (Å²) in [6.07, 6.45) is 2.25. The van der Waals surface area contributed by atoms with Crippen molar-refractivity contribution in [2.75, 3.05) is 19.8 Å². The molecule has 0 unspecified atom stereocenters. The van der Waals surface area contributed by atoms with Crippen LogP contribution in [0.25, 0.3) is 11.1 Å². The number of benzene rings is 2. The molecule has 8 heteroatoms. The van der Waals surface area contributed by atoms with Crippen molar-refractivity contribution >= 4 is 11.5 Å². The maximum absolute atomic E-state index is 15.3. The van der Waals surface area contributed by atoms with Gasteiger partial charge in [0, 0.05) is 30.3 Å². The predicted molar refractivity (Wildman–Crippen MR) is 131 cm³/mol. The lowest BCUT2D eigenvalue weighted by Crippen LogP contribution is -2.17. The smallest absolute Gasteiger partial charge is 0.220 e. The summed E-state index contributed by atoms with van der Waals surface area (Å²) in [4.78, 5) is 8.13. The molecule has 1 aliphatic rings. The molecule has 2 aromatic carbocycles. The van der Waals surface area contributed by atoms with Crippen LogP contribution in [0.4, 0.5) is 14.5 Å². The molecule has 2 N–H and O–H groups in total. The van der Waals surface area contributed by atoms with Gasteiger partial charge in [-0.1, -0.05) is 26.8 Å². The van der Waals surface area contributed by atoms with Gasteiger partial charge in [0.15, 0.2) is 11.6 Å². The Labute approximate surface area is 203 Å². The lowest BCUT2D eigenvalue weighted by molar-refractivity contribution is 0.143. The number of nitrogens with two attached hydrogens (primary N) is 1. The molecule has 184 valence electrons. The molecule has 0 saturated carbocycles. The molecule has 0 bridgehead atoms. The minimum atomic E-state index is -0.621. The number of aromatic nitrogens is 1. The van der Waals surface area contributed by atoms with Crippen LogP contribution in [0.1, 0.15) is 32.8 Å². The van der Waals surface area contributed by atoms with Gasteiger partial charge >= 0.3 is 0 Å². The Morgan fingerprint density at radius 2 is 1.86 bits per heavy atom. The third kappa shape index (κ3) is 6.33. The number of amidine groups is 1. The minimum Gasteiger partial charge on any atom is -0.493 e. The highest BCUT2D eigenvalue weighted by atomic mass is 19.1. The molecule has 0 fully saturated rings. The summed E-state index contributed by atoms with van der Waals surface area (Å²) in [6, 6.07) is 11.4. The van der Waals surface area contributed by atoms with Crippen molar-refractivity contribution in [2.24, 2.45) is 16.1 Å². The first-order valence-electron chi connectivity index (χ1n) is 11.5. The molecular weight excluding hydrogens is 452 g/mol. The molecule has 0 aliphatic carbocycles. The second kappa shape index (κ2) is 10.4. The molecule has 0 spiro atoms. The quantitative estimate of drug-likeness (QED) is 0.451. The van der Waals surface area contributed by atoms with Crippen molar-refractivity contribution in [1.82, 2.24) is 4.98 Å². The normalized spacial score (nSPS) is 14.5. The van der Waals surface area contributed by atoms with Gasteiger partial charge in [0.05, 0.1) is 19.8 Å². The van der Waals surface area contributed by atoms with Crippen LogP contribution in [0.5, 0.6) is 17.2 Å². The Morgan fingerprint density at radius 1 is 1.06 bits per heavy atom. The van der Waals surface area contributed by atoms with Crippen molar-refractivity contribution in [3.05, 3.63) is 66.0 Å². The topological polar surface area (TPSA) is 79.0 Å². The Kier molecular flexibility index (Phi) is 7.31. The van der Waals surface area contributed by atoms with E-state index in [-0.39, 0.29) is 16.9 Å². The van der Waals surface area contributed by atoms with Crippen LogP contribution < -0.4 is 15.2 Å². The van der Waals surface area contributed by atoms with Crippen LogP contribution in [0.2, 0.25) is 0 Å². The van der Waals surface area contributed by atoms with Crippen LogP contribution >= 0.6 is 0 Å². The molecule has 2 heterocycles. The van der Waals surface area contributed by atoms with Crippen molar-refractivity contribution in [3.8, 4) is 28.4 Å². The van der Waals surface area contributed by atoms with Gasteiger partial charge in [0.25, 0.3) is 0 Å². The molecule has 0 saturated heterocycles. The summed E-state index contributed by atoms with van der Waals surface area (Å²) in [7, 11) is 0. The Bertz CT molecular complexity index is 1240. The average Bonchev–Trinajstić information content (AvgIpc) is 2.79. The zero-order chi connectivity index (χ0) is 25.0. The second-order valence-electron chi connectivity index (χ2n) is 9.58. The van der Waals surface area contributed by atoms with Gasteiger partial charge in [0.1, 0.15) is 23.0 Å². The number of aliphatic imine (C=N–C) groups is 1. The standard InChI is InChI=1S/C27H29F2N3O3/c1-27(2,3)16-34-19-14-21(28)25-22(15-19)32-24(30)9-12-33-11-8-18-13-17(6-7-23(18)35-25)20-5-4-10-31-26(20)29/h4-7,10,13-15H,8-9,11-12,16H2,1-3H3,(H2,30,32). The number of rotatable bonds is 3. The molecule has 0 radical (unpaired) electrons. The largest absolute Gasteiger partial charge is 0.493 e. The maximum Gasteiger partial charge on any atom is 0.220 e. The maximum atomic E-state index is 15.3. The van der Waals surface area contributed by atoms with Crippen molar-refractivity contribution < 1.29 is 23.0 Å². The highest BCUT2D eigenvalue weighted by Gasteiger charge is 2.19. The van der Waals surface area contributed by atoms with Crippen molar-refractivity contribution in [3.63, 3.8) is 0 Å². The fourth-order valence-electron chi connectivity index (χ4n) is 3.55. The van der Waals surface area contributed by atoms with Gasteiger partial charge in [-0.3, -0.25) is 0 Å². The van der Waals surface area contributed by atoms with E-state index < -0.39 is 11.8 Å². The number of hydrogen-bond donors (Lipinski definition) is 1.